The van der Waals surface area contributed by atoms with Crippen LogP contribution in [0.1, 0.15) is 5.56 Å². The highest BCUT2D eigenvalue weighted by Crippen LogP contribution is 1.98. The first-order valence-electron chi connectivity index (χ1n) is 2.36. The summed E-state index contributed by atoms with van der Waals surface area (Å²) in [7, 11) is 0. The summed E-state index contributed by atoms with van der Waals surface area (Å²) in [5.74, 6) is -0.211. The van der Waals surface area contributed by atoms with Gasteiger partial charge >= 0.3 is 0 Å². The standard InChI is InChI=1S/C7H6F/c1-6-2-4-7(8)5-3-6/h2-5H,1H2/q+1. The van der Waals surface area contributed by atoms with Crippen molar-refractivity contribution in [3.63, 3.8) is 0 Å². The van der Waals surface area contributed by atoms with E-state index >= 15 is 0 Å². The summed E-state index contributed by atoms with van der Waals surface area (Å²) >= 11 is 0. The number of benzene rings is 1. The molecule has 0 spiro atoms. The molecule has 1 aromatic rings. The van der Waals surface area contributed by atoms with Gasteiger partial charge in [-0.3, -0.25) is 0 Å². The molecule has 0 heterocycles. The lowest BCUT2D eigenvalue weighted by Gasteiger charge is -1.78. The second kappa shape index (κ2) is 1.86. The lowest BCUT2D eigenvalue weighted by molar-refractivity contribution is 0.627. The Morgan fingerprint density at radius 2 is 1.62 bits per heavy atom. The zero-order chi connectivity index (χ0) is 5.98. The summed E-state index contributed by atoms with van der Waals surface area (Å²) in [6.07, 6.45) is 0. The maximum Gasteiger partial charge on any atom is 0.149 e. The summed E-state index contributed by atoms with van der Waals surface area (Å²) < 4.78 is 12.1. The average Bonchev–Trinajstić information content (AvgIpc) is 1.77. The quantitative estimate of drug-likeness (QED) is 0.447. The molecule has 0 aromatic heterocycles. The molecule has 0 amide bonds. The molecular formula is C7H6F+. The number of rotatable bonds is 0. The molecule has 8 heavy (non-hydrogen) atoms. The molecular weight excluding hydrogens is 103 g/mol. The molecule has 0 nitrogen and oxygen atoms in total. The highest BCUT2D eigenvalue weighted by molar-refractivity contribution is 5.17. The second-order valence-corrected chi connectivity index (χ2v) is 1.63. The topological polar surface area (TPSA) is 0 Å². The Bertz CT molecular complexity index is 143. The molecule has 0 aliphatic carbocycles. The van der Waals surface area contributed by atoms with Crippen molar-refractivity contribution in [1.29, 1.82) is 0 Å². The molecule has 0 saturated heterocycles. The van der Waals surface area contributed by atoms with Crippen LogP contribution in [-0.2, 0) is 0 Å². The van der Waals surface area contributed by atoms with E-state index in [1.165, 1.54) is 12.1 Å². The van der Waals surface area contributed by atoms with Crippen molar-refractivity contribution in [1.82, 2.24) is 0 Å². The zero-order valence-electron chi connectivity index (χ0n) is 4.39. The third-order valence-corrected chi connectivity index (χ3v) is 0.913. The largest absolute Gasteiger partial charge is 0.204 e. The first-order chi connectivity index (χ1) is 3.79. The summed E-state index contributed by atoms with van der Waals surface area (Å²) in [5.41, 5.74) is 0.839. The van der Waals surface area contributed by atoms with Gasteiger partial charge in [0.05, 0.1) is 0 Å². The van der Waals surface area contributed by atoms with Crippen molar-refractivity contribution >= 4 is 0 Å². The summed E-state index contributed by atoms with van der Waals surface area (Å²) in [4.78, 5) is 0. The van der Waals surface area contributed by atoms with E-state index in [4.69, 9.17) is 0 Å². The van der Waals surface area contributed by atoms with E-state index in [2.05, 4.69) is 6.92 Å². The fourth-order valence-corrected chi connectivity index (χ4v) is 0.484. The molecule has 40 valence electrons. The third-order valence-electron chi connectivity index (χ3n) is 0.913. The van der Waals surface area contributed by atoms with Gasteiger partial charge in [-0.05, 0) is 0 Å². The Kier molecular flexibility index (Phi) is 1.20. The molecule has 1 heteroatoms. The molecule has 0 N–H and O–H groups in total. The fourth-order valence-electron chi connectivity index (χ4n) is 0.484. The Labute approximate surface area is 48.0 Å². The van der Waals surface area contributed by atoms with Gasteiger partial charge in [-0.25, -0.2) is 4.39 Å². The third kappa shape index (κ3) is 0.997. The van der Waals surface area contributed by atoms with Crippen molar-refractivity contribution in [2.75, 3.05) is 0 Å². The highest BCUT2D eigenvalue weighted by atomic mass is 19.1. The van der Waals surface area contributed by atoms with Crippen LogP contribution in [-0.4, -0.2) is 0 Å². The average molecular weight is 109 g/mol. The maximum atomic E-state index is 12.1. The molecule has 0 atom stereocenters. The lowest BCUT2D eigenvalue weighted by atomic mass is 10.2. The van der Waals surface area contributed by atoms with Gasteiger partial charge in [-0.1, -0.05) is 0 Å². The molecule has 0 aliphatic rings. The van der Waals surface area contributed by atoms with Crippen LogP contribution in [0.25, 0.3) is 0 Å². The molecule has 1 aromatic carbocycles. The van der Waals surface area contributed by atoms with Crippen LogP contribution in [0.3, 0.4) is 0 Å². The van der Waals surface area contributed by atoms with E-state index in [-0.39, 0.29) is 5.82 Å². The van der Waals surface area contributed by atoms with Crippen molar-refractivity contribution in [2.45, 2.75) is 0 Å². The van der Waals surface area contributed by atoms with Gasteiger partial charge in [0.15, 0.2) is 0 Å². The van der Waals surface area contributed by atoms with Gasteiger partial charge in [0, 0.05) is 31.2 Å². The summed E-state index contributed by atoms with van der Waals surface area (Å²) in [6, 6.07) is 6.05. The Morgan fingerprint density at radius 3 is 2.00 bits per heavy atom. The van der Waals surface area contributed by atoms with Crippen LogP contribution in [0.2, 0.25) is 0 Å². The second-order valence-electron chi connectivity index (χ2n) is 1.63. The van der Waals surface area contributed by atoms with Crippen molar-refractivity contribution < 1.29 is 4.39 Å². The number of halogens is 1. The Hall–Kier alpha value is -0.980. The van der Waals surface area contributed by atoms with Crippen LogP contribution in [0, 0.1) is 12.7 Å². The van der Waals surface area contributed by atoms with Crippen molar-refractivity contribution in [3.8, 4) is 0 Å². The van der Waals surface area contributed by atoms with Crippen LogP contribution in [0.5, 0.6) is 0 Å². The van der Waals surface area contributed by atoms with Gasteiger partial charge < -0.3 is 0 Å². The monoisotopic (exact) mass is 109 g/mol. The highest BCUT2D eigenvalue weighted by Gasteiger charge is 1.91. The fraction of sp³-hybridized carbons (Fsp3) is 0. The lowest BCUT2D eigenvalue weighted by Crippen LogP contribution is -1.71. The van der Waals surface area contributed by atoms with Crippen LogP contribution >= 0.6 is 0 Å². The van der Waals surface area contributed by atoms with E-state index in [9.17, 15) is 4.39 Å². The molecule has 1 rings (SSSR count). The number of hydrogen-bond acceptors (Lipinski definition) is 0. The molecule has 0 aliphatic heterocycles. The van der Waals surface area contributed by atoms with E-state index < -0.39 is 0 Å². The van der Waals surface area contributed by atoms with Crippen molar-refractivity contribution in [3.05, 3.63) is 42.6 Å². The predicted molar refractivity (Wildman–Crippen MR) is 30.9 cm³/mol. The van der Waals surface area contributed by atoms with Gasteiger partial charge in [0.2, 0.25) is 0 Å². The molecule has 0 unspecified atom stereocenters. The van der Waals surface area contributed by atoms with Gasteiger partial charge in [-0.15, -0.1) is 0 Å². The van der Waals surface area contributed by atoms with Crippen molar-refractivity contribution in [2.24, 2.45) is 0 Å². The first-order valence-corrected chi connectivity index (χ1v) is 2.36. The summed E-state index contributed by atoms with van der Waals surface area (Å²) in [5, 5.41) is 0. The normalized spacial score (nSPS) is 9.12. The van der Waals surface area contributed by atoms with Crippen LogP contribution < -0.4 is 0 Å². The van der Waals surface area contributed by atoms with Gasteiger partial charge in [0.1, 0.15) is 11.4 Å². The molecule has 0 fully saturated rings. The van der Waals surface area contributed by atoms with Gasteiger partial charge in [-0.2, -0.15) is 0 Å². The molecule has 0 radical (unpaired) electrons. The molecule has 0 bridgehead atoms. The zero-order valence-corrected chi connectivity index (χ0v) is 4.39. The smallest absolute Gasteiger partial charge is 0.149 e. The minimum absolute atomic E-state index is 0.211. The minimum Gasteiger partial charge on any atom is -0.204 e. The predicted octanol–water partition coefficient (Wildman–Crippen LogP) is 2.01. The van der Waals surface area contributed by atoms with E-state index in [0.717, 1.165) is 5.56 Å². The Morgan fingerprint density at radius 1 is 1.12 bits per heavy atom. The van der Waals surface area contributed by atoms with E-state index in [1.54, 1.807) is 12.1 Å². The molecule has 0 saturated carbocycles. The van der Waals surface area contributed by atoms with Gasteiger partial charge in [0.25, 0.3) is 0 Å². The number of hydrogen-bond donors (Lipinski definition) is 0. The first kappa shape index (κ1) is 5.16. The van der Waals surface area contributed by atoms with Crippen LogP contribution in [0.4, 0.5) is 4.39 Å². The van der Waals surface area contributed by atoms with E-state index in [0.29, 0.717) is 0 Å². The van der Waals surface area contributed by atoms with Crippen LogP contribution in [0.15, 0.2) is 24.3 Å². The minimum atomic E-state index is -0.211. The summed E-state index contributed by atoms with van der Waals surface area (Å²) in [6.45, 7) is 3.60. The SMILES string of the molecule is [CH2+]c1ccc(F)cc1. The maximum absolute atomic E-state index is 12.1. The Balaban J connectivity index is 3.03. The van der Waals surface area contributed by atoms with E-state index in [1.807, 2.05) is 0 Å².